The van der Waals surface area contributed by atoms with Crippen molar-refractivity contribution in [1.82, 2.24) is 14.9 Å². The number of carbonyl (C=O) groups is 1. The van der Waals surface area contributed by atoms with Gasteiger partial charge in [-0.25, -0.2) is 9.97 Å². The molecule has 0 saturated carbocycles. The van der Waals surface area contributed by atoms with Crippen LogP contribution in [0.5, 0.6) is 5.88 Å². The van der Waals surface area contributed by atoms with Gasteiger partial charge in [0.2, 0.25) is 5.69 Å². The van der Waals surface area contributed by atoms with Gasteiger partial charge < -0.3 is 9.64 Å². The molecule has 3 aromatic rings. The monoisotopic (exact) mass is 358 g/mol. The smallest absolute Gasteiger partial charge is 0.254 e. The van der Waals surface area contributed by atoms with Crippen LogP contribution in [0.2, 0.25) is 0 Å². The van der Waals surface area contributed by atoms with E-state index >= 15 is 0 Å². The summed E-state index contributed by atoms with van der Waals surface area (Å²) in [5, 5.41) is 11.3. The number of amides is 1. The molecule has 0 bridgehead atoms. The van der Waals surface area contributed by atoms with Crippen LogP contribution in [0.25, 0.3) is 10.8 Å². The predicted molar refractivity (Wildman–Crippen MR) is 100 cm³/mol. The van der Waals surface area contributed by atoms with Crippen LogP contribution in [0.3, 0.4) is 0 Å². The molecule has 1 aliphatic rings. The van der Waals surface area contributed by atoms with E-state index in [2.05, 4.69) is 9.97 Å². The van der Waals surface area contributed by atoms with Crippen molar-refractivity contribution in [3.63, 3.8) is 0 Å². The molecule has 6 heteroatoms. The van der Waals surface area contributed by atoms with E-state index in [1.54, 1.807) is 4.90 Å². The van der Waals surface area contributed by atoms with Gasteiger partial charge in [-0.15, -0.1) is 0 Å². The fourth-order valence-corrected chi connectivity index (χ4v) is 3.37. The van der Waals surface area contributed by atoms with E-state index in [4.69, 9.17) is 10.00 Å². The number of rotatable bonds is 3. The Hall–Kier alpha value is -3.46. The Bertz CT molecular complexity index is 1030. The lowest BCUT2D eigenvalue weighted by Gasteiger charge is -2.32. The summed E-state index contributed by atoms with van der Waals surface area (Å²) in [7, 11) is 0. The van der Waals surface area contributed by atoms with E-state index < -0.39 is 0 Å². The fraction of sp³-hybridized carbons (Fsp3) is 0.238. The summed E-state index contributed by atoms with van der Waals surface area (Å²) < 4.78 is 5.87. The van der Waals surface area contributed by atoms with Gasteiger partial charge in [-0.3, -0.25) is 4.79 Å². The highest BCUT2D eigenvalue weighted by Gasteiger charge is 2.26. The summed E-state index contributed by atoms with van der Waals surface area (Å²) in [5.74, 6) is 0.221. The summed E-state index contributed by atoms with van der Waals surface area (Å²) in [4.78, 5) is 22.8. The lowest BCUT2D eigenvalue weighted by molar-refractivity contribution is 0.0526. The zero-order chi connectivity index (χ0) is 18.6. The van der Waals surface area contributed by atoms with Gasteiger partial charge in [0.15, 0.2) is 0 Å². The van der Waals surface area contributed by atoms with Crippen molar-refractivity contribution in [2.24, 2.45) is 0 Å². The standard InChI is InChI=1S/C21H18N4O2/c22-13-19-20(24-10-9-23-19)27-18-6-3-11-25(14-18)21(26)17-8-7-15-4-1-2-5-16(15)12-17/h1-2,4-5,7-10,12,18H,3,6,11,14H2. The molecule has 1 atom stereocenters. The van der Waals surface area contributed by atoms with Crippen LogP contribution >= 0.6 is 0 Å². The highest BCUT2D eigenvalue weighted by Crippen LogP contribution is 2.21. The molecule has 0 N–H and O–H groups in total. The molecule has 2 heterocycles. The Morgan fingerprint density at radius 3 is 2.81 bits per heavy atom. The first kappa shape index (κ1) is 17.0. The van der Waals surface area contributed by atoms with Gasteiger partial charge in [0.05, 0.1) is 6.54 Å². The van der Waals surface area contributed by atoms with Crippen LogP contribution < -0.4 is 4.74 Å². The molecule has 4 rings (SSSR count). The number of piperidine rings is 1. The Morgan fingerprint density at radius 1 is 1.15 bits per heavy atom. The average molecular weight is 358 g/mol. The van der Waals surface area contributed by atoms with Crippen LogP contribution in [0.15, 0.2) is 54.9 Å². The summed E-state index contributed by atoms with van der Waals surface area (Å²) in [5.41, 5.74) is 0.835. The minimum absolute atomic E-state index is 0.00583. The Balaban J connectivity index is 1.50. The first-order valence-electron chi connectivity index (χ1n) is 8.90. The Kier molecular flexibility index (Phi) is 4.67. The molecule has 0 aliphatic carbocycles. The number of aromatic nitrogens is 2. The molecular weight excluding hydrogens is 340 g/mol. The molecule has 134 valence electrons. The fourth-order valence-electron chi connectivity index (χ4n) is 3.37. The minimum atomic E-state index is -0.202. The maximum atomic E-state index is 13.0. The van der Waals surface area contributed by atoms with Crippen molar-refractivity contribution >= 4 is 16.7 Å². The third-order valence-corrected chi connectivity index (χ3v) is 4.71. The lowest BCUT2D eigenvalue weighted by Crippen LogP contribution is -2.44. The zero-order valence-corrected chi connectivity index (χ0v) is 14.7. The minimum Gasteiger partial charge on any atom is -0.470 e. The van der Waals surface area contributed by atoms with Gasteiger partial charge in [-0.05, 0) is 35.7 Å². The first-order valence-corrected chi connectivity index (χ1v) is 8.90. The molecule has 1 aliphatic heterocycles. The predicted octanol–water partition coefficient (Wildman–Crippen LogP) is 3.19. The molecule has 6 nitrogen and oxygen atoms in total. The topological polar surface area (TPSA) is 79.1 Å². The normalized spacial score (nSPS) is 16.7. The Labute approximate surface area is 157 Å². The van der Waals surface area contributed by atoms with Gasteiger partial charge in [0, 0.05) is 24.5 Å². The third-order valence-electron chi connectivity index (χ3n) is 4.71. The number of nitrogens with zero attached hydrogens (tertiary/aromatic N) is 4. The number of hydrogen-bond acceptors (Lipinski definition) is 5. The van der Waals surface area contributed by atoms with Crippen LogP contribution in [-0.4, -0.2) is 40.0 Å². The third kappa shape index (κ3) is 3.58. The molecule has 1 amide bonds. The van der Waals surface area contributed by atoms with Crippen molar-refractivity contribution in [1.29, 1.82) is 5.26 Å². The molecule has 1 saturated heterocycles. The van der Waals surface area contributed by atoms with Crippen molar-refractivity contribution in [3.05, 3.63) is 66.1 Å². The summed E-state index contributed by atoms with van der Waals surface area (Å²) in [6, 6.07) is 15.7. The number of nitriles is 1. The molecule has 27 heavy (non-hydrogen) atoms. The number of benzene rings is 2. The van der Waals surface area contributed by atoms with E-state index in [0.29, 0.717) is 18.7 Å². The second-order valence-corrected chi connectivity index (χ2v) is 6.52. The summed E-state index contributed by atoms with van der Waals surface area (Å²) >= 11 is 0. The lowest BCUT2D eigenvalue weighted by atomic mass is 10.0. The number of carbonyl (C=O) groups excluding carboxylic acids is 1. The van der Waals surface area contributed by atoms with Crippen molar-refractivity contribution < 1.29 is 9.53 Å². The highest BCUT2D eigenvalue weighted by atomic mass is 16.5. The number of hydrogen-bond donors (Lipinski definition) is 0. The maximum absolute atomic E-state index is 13.0. The number of likely N-dealkylation sites (tertiary alicyclic amines) is 1. The van der Waals surface area contributed by atoms with E-state index in [-0.39, 0.29) is 23.6 Å². The second kappa shape index (κ2) is 7.42. The molecular formula is C21H18N4O2. The summed E-state index contributed by atoms with van der Waals surface area (Å²) in [6.45, 7) is 1.16. The van der Waals surface area contributed by atoms with Crippen molar-refractivity contribution in [3.8, 4) is 11.9 Å². The van der Waals surface area contributed by atoms with Crippen molar-refractivity contribution in [2.45, 2.75) is 18.9 Å². The molecule has 2 aromatic carbocycles. The average Bonchev–Trinajstić information content (AvgIpc) is 2.73. The largest absolute Gasteiger partial charge is 0.470 e. The highest BCUT2D eigenvalue weighted by molar-refractivity contribution is 5.98. The van der Waals surface area contributed by atoms with E-state index in [1.165, 1.54) is 12.4 Å². The molecule has 0 radical (unpaired) electrons. The van der Waals surface area contributed by atoms with Gasteiger partial charge >= 0.3 is 0 Å². The van der Waals surface area contributed by atoms with E-state index in [1.807, 2.05) is 48.5 Å². The van der Waals surface area contributed by atoms with Crippen LogP contribution in [0, 0.1) is 11.3 Å². The summed E-state index contributed by atoms with van der Waals surface area (Å²) in [6.07, 6.45) is 4.40. The molecule has 1 aromatic heterocycles. The van der Waals surface area contributed by atoms with E-state index in [0.717, 1.165) is 23.6 Å². The maximum Gasteiger partial charge on any atom is 0.254 e. The van der Waals surface area contributed by atoms with Crippen LogP contribution in [0.4, 0.5) is 0 Å². The van der Waals surface area contributed by atoms with Gasteiger partial charge in [0.1, 0.15) is 12.2 Å². The molecule has 1 unspecified atom stereocenters. The van der Waals surface area contributed by atoms with Gasteiger partial charge in [-0.1, -0.05) is 30.3 Å². The van der Waals surface area contributed by atoms with Gasteiger partial charge in [0.25, 0.3) is 11.8 Å². The van der Waals surface area contributed by atoms with Crippen LogP contribution in [0.1, 0.15) is 28.9 Å². The number of ether oxygens (including phenoxy) is 1. The quantitative estimate of drug-likeness (QED) is 0.718. The van der Waals surface area contributed by atoms with Crippen molar-refractivity contribution in [2.75, 3.05) is 13.1 Å². The molecule has 1 fully saturated rings. The second-order valence-electron chi connectivity index (χ2n) is 6.52. The zero-order valence-electron chi connectivity index (χ0n) is 14.7. The SMILES string of the molecule is N#Cc1nccnc1OC1CCCN(C(=O)c2ccc3ccccc3c2)C1. The first-order chi connectivity index (χ1) is 13.2. The Morgan fingerprint density at radius 2 is 1.96 bits per heavy atom. The van der Waals surface area contributed by atoms with E-state index in [9.17, 15) is 4.79 Å². The van der Waals surface area contributed by atoms with Crippen LogP contribution in [-0.2, 0) is 0 Å². The molecule has 0 spiro atoms. The van der Waals surface area contributed by atoms with Gasteiger partial charge in [-0.2, -0.15) is 5.26 Å². The number of fused-ring (bicyclic) bond motifs is 1.